The van der Waals surface area contributed by atoms with Crippen LogP contribution >= 0.6 is 11.3 Å². The molecule has 0 bridgehead atoms. The van der Waals surface area contributed by atoms with Crippen molar-refractivity contribution in [2.75, 3.05) is 5.73 Å². The van der Waals surface area contributed by atoms with Gasteiger partial charge < -0.3 is 15.2 Å². The number of nitrogen functional groups attached to an aromatic ring is 1. The van der Waals surface area contributed by atoms with Crippen LogP contribution in [0.5, 0.6) is 17.2 Å². The first-order valence-corrected chi connectivity index (χ1v) is 10.5. The van der Waals surface area contributed by atoms with Crippen LogP contribution in [0, 0.1) is 0 Å². The van der Waals surface area contributed by atoms with Crippen molar-refractivity contribution in [3.05, 3.63) is 77.2 Å². The van der Waals surface area contributed by atoms with Crippen LogP contribution in [-0.2, 0) is 13.7 Å². The van der Waals surface area contributed by atoms with Crippen molar-refractivity contribution < 1.29 is 9.47 Å². The summed E-state index contributed by atoms with van der Waals surface area (Å²) in [5.41, 5.74) is 8.42. The second-order valence-corrected chi connectivity index (χ2v) is 7.93. The summed E-state index contributed by atoms with van der Waals surface area (Å²) >= 11 is 1.67. The molecule has 7 nitrogen and oxygen atoms in total. The topological polar surface area (TPSA) is 88.1 Å². The number of aryl methyl sites for hydroxylation is 1. The van der Waals surface area contributed by atoms with Gasteiger partial charge in [0.15, 0.2) is 5.65 Å². The molecule has 2 N–H and O–H groups in total. The lowest BCUT2D eigenvalue weighted by Crippen LogP contribution is -1.95. The molecule has 0 saturated carbocycles. The van der Waals surface area contributed by atoms with Gasteiger partial charge in [-0.3, -0.25) is 0 Å². The first-order valence-electron chi connectivity index (χ1n) is 9.64. The van der Waals surface area contributed by atoms with Gasteiger partial charge in [0.05, 0.1) is 5.39 Å². The van der Waals surface area contributed by atoms with Gasteiger partial charge in [0.1, 0.15) is 41.7 Å². The van der Waals surface area contributed by atoms with Crippen LogP contribution in [0.3, 0.4) is 0 Å². The van der Waals surface area contributed by atoms with Crippen molar-refractivity contribution in [3.63, 3.8) is 0 Å². The molecule has 3 aromatic heterocycles. The zero-order valence-corrected chi connectivity index (χ0v) is 17.5. The highest BCUT2D eigenvalue weighted by Gasteiger charge is 2.15. The van der Waals surface area contributed by atoms with Crippen molar-refractivity contribution in [1.29, 1.82) is 0 Å². The van der Waals surface area contributed by atoms with Gasteiger partial charge in [0.25, 0.3) is 0 Å². The van der Waals surface area contributed by atoms with E-state index in [9.17, 15) is 0 Å². The maximum absolute atomic E-state index is 6.07. The van der Waals surface area contributed by atoms with E-state index in [-0.39, 0.29) is 0 Å². The Morgan fingerprint density at radius 2 is 1.81 bits per heavy atom. The third-order valence-corrected chi connectivity index (χ3v) is 5.63. The minimum atomic E-state index is 0.410. The van der Waals surface area contributed by atoms with E-state index >= 15 is 0 Å². The van der Waals surface area contributed by atoms with Gasteiger partial charge >= 0.3 is 0 Å². The summed E-state index contributed by atoms with van der Waals surface area (Å²) in [6, 6.07) is 19.4. The lowest BCUT2D eigenvalue weighted by molar-refractivity contribution is 0.308. The third-order valence-electron chi connectivity index (χ3n) is 4.78. The number of aromatic nitrogens is 4. The lowest BCUT2D eigenvalue weighted by Gasteiger charge is -2.09. The molecule has 0 aliphatic heterocycles. The minimum absolute atomic E-state index is 0.410. The Labute approximate surface area is 182 Å². The highest BCUT2D eigenvalue weighted by molar-refractivity contribution is 7.09. The number of ether oxygens (including phenoxy) is 2. The van der Waals surface area contributed by atoms with Crippen LogP contribution in [0.15, 0.2) is 72.4 Å². The zero-order chi connectivity index (χ0) is 21.2. The maximum Gasteiger partial charge on any atom is 0.163 e. The van der Waals surface area contributed by atoms with E-state index in [2.05, 4.69) is 21.1 Å². The summed E-state index contributed by atoms with van der Waals surface area (Å²) in [5, 5.41) is 7.35. The van der Waals surface area contributed by atoms with Crippen LogP contribution in [0.25, 0.3) is 22.3 Å². The molecule has 0 radical (unpaired) electrons. The number of benzene rings is 2. The Morgan fingerprint density at radius 1 is 0.968 bits per heavy atom. The highest BCUT2D eigenvalue weighted by atomic mass is 32.1. The second kappa shape index (κ2) is 8.08. The zero-order valence-electron chi connectivity index (χ0n) is 16.7. The molecule has 5 aromatic rings. The quantitative estimate of drug-likeness (QED) is 0.407. The van der Waals surface area contributed by atoms with Gasteiger partial charge in [0.2, 0.25) is 0 Å². The van der Waals surface area contributed by atoms with Crippen molar-refractivity contribution >= 4 is 28.2 Å². The summed E-state index contributed by atoms with van der Waals surface area (Å²) in [6.45, 7) is 0.542. The number of anilines is 1. The van der Waals surface area contributed by atoms with Gasteiger partial charge in [-0.1, -0.05) is 12.1 Å². The third kappa shape index (κ3) is 3.93. The molecule has 0 aliphatic rings. The molecule has 0 unspecified atom stereocenters. The largest absolute Gasteiger partial charge is 0.488 e. The fourth-order valence-electron chi connectivity index (χ4n) is 3.30. The van der Waals surface area contributed by atoms with Gasteiger partial charge in [0, 0.05) is 23.6 Å². The monoisotopic (exact) mass is 429 g/mol. The van der Waals surface area contributed by atoms with Gasteiger partial charge in [-0.25, -0.2) is 14.6 Å². The molecule has 154 valence electrons. The summed E-state index contributed by atoms with van der Waals surface area (Å²) in [7, 11) is 1.84. The predicted octanol–water partition coefficient (Wildman–Crippen LogP) is 5.05. The normalized spacial score (nSPS) is 11.0. The van der Waals surface area contributed by atoms with E-state index in [1.165, 1.54) is 11.2 Å². The van der Waals surface area contributed by atoms with Crippen LogP contribution in [-0.4, -0.2) is 19.7 Å². The molecule has 31 heavy (non-hydrogen) atoms. The van der Waals surface area contributed by atoms with E-state index in [1.807, 2.05) is 67.0 Å². The molecule has 0 aliphatic carbocycles. The number of hydrogen-bond donors (Lipinski definition) is 1. The minimum Gasteiger partial charge on any atom is -0.488 e. The Bertz CT molecular complexity index is 1330. The molecule has 3 heterocycles. The van der Waals surface area contributed by atoms with Crippen molar-refractivity contribution in [2.24, 2.45) is 7.05 Å². The first-order chi connectivity index (χ1) is 15.2. The van der Waals surface area contributed by atoms with E-state index in [0.29, 0.717) is 29.6 Å². The SMILES string of the molecule is Cn1nc(-c2ccc(Oc3cccc(OCc4cccs4)c3)cc2)c2c(N)ncnc21. The van der Waals surface area contributed by atoms with Crippen LogP contribution < -0.4 is 15.2 Å². The van der Waals surface area contributed by atoms with E-state index in [1.54, 1.807) is 16.0 Å². The average molecular weight is 430 g/mol. The van der Waals surface area contributed by atoms with Crippen molar-refractivity contribution in [1.82, 2.24) is 19.7 Å². The molecule has 8 heteroatoms. The number of hydrogen-bond acceptors (Lipinski definition) is 7. The average Bonchev–Trinajstić information content (AvgIpc) is 3.42. The van der Waals surface area contributed by atoms with Crippen molar-refractivity contribution in [2.45, 2.75) is 6.61 Å². The van der Waals surface area contributed by atoms with E-state index in [0.717, 1.165) is 22.4 Å². The Balaban J connectivity index is 1.34. The molecular formula is C23H19N5O2S. The van der Waals surface area contributed by atoms with Crippen LogP contribution in [0.2, 0.25) is 0 Å². The van der Waals surface area contributed by atoms with Crippen LogP contribution in [0.1, 0.15) is 4.88 Å². The van der Waals surface area contributed by atoms with Gasteiger partial charge in [-0.2, -0.15) is 5.10 Å². The highest BCUT2D eigenvalue weighted by Crippen LogP contribution is 2.32. The molecule has 2 aromatic carbocycles. The molecule has 0 saturated heterocycles. The summed E-state index contributed by atoms with van der Waals surface area (Å²) in [5.74, 6) is 2.59. The van der Waals surface area contributed by atoms with Gasteiger partial charge in [-0.15, -0.1) is 11.3 Å². The molecule has 0 fully saturated rings. The van der Waals surface area contributed by atoms with E-state index < -0.39 is 0 Å². The number of thiophene rings is 1. The fourth-order valence-corrected chi connectivity index (χ4v) is 3.92. The van der Waals surface area contributed by atoms with E-state index in [4.69, 9.17) is 15.2 Å². The Hall–Kier alpha value is -3.91. The molecule has 0 amide bonds. The summed E-state index contributed by atoms with van der Waals surface area (Å²) in [6.07, 6.45) is 1.44. The predicted molar refractivity (Wildman–Crippen MR) is 121 cm³/mol. The first kappa shape index (κ1) is 19.1. The molecule has 0 atom stereocenters. The van der Waals surface area contributed by atoms with Crippen molar-refractivity contribution in [3.8, 4) is 28.5 Å². The van der Waals surface area contributed by atoms with Crippen LogP contribution in [0.4, 0.5) is 5.82 Å². The Morgan fingerprint density at radius 3 is 2.61 bits per heavy atom. The smallest absolute Gasteiger partial charge is 0.163 e. The standard InChI is InChI=1S/C23H19N5O2S/c1-28-23-20(22(24)25-14-26-23)21(27-28)15-7-9-16(10-8-15)30-18-5-2-4-17(12-18)29-13-19-6-3-11-31-19/h2-12,14H,13H2,1H3,(H2,24,25,26). The summed E-state index contributed by atoms with van der Waals surface area (Å²) in [4.78, 5) is 9.55. The maximum atomic E-state index is 6.07. The van der Waals surface area contributed by atoms with Gasteiger partial charge in [-0.05, 0) is 47.8 Å². The number of rotatable bonds is 6. The number of nitrogens with two attached hydrogens (primary N) is 1. The number of nitrogens with zero attached hydrogens (tertiary/aromatic N) is 4. The number of fused-ring (bicyclic) bond motifs is 1. The second-order valence-electron chi connectivity index (χ2n) is 6.90. The fraction of sp³-hybridized carbons (Fsp3) is 0.0870. The molecule has 0 spiro atoms. The lowest BCUT2D eigenvalue weighted by atomic mass is 10.1. The molecule has 5 rings (SSSR count). The Kier molecular flexibility index (Phi) is 4.97. The summed E-state index contributed by atoms with van der Waals surface area (Å²) < 4.78 is 13.6. The molecular weight excluding hydrogens is 410 g/mol.